The quantitative estimate of drug-likeness (QED) is 0.157. The van der Waals surface area contributed by atoms with E-state index in [1.165, 1.54) is 44.2 Å². The first kappa shape index (κ1) is 32.2. The first-order valence-electron chi connectivity index (χ1n) is 14.3. The Bertz CT molecular complexity index is 816. The number of hydrogen-bond acceptors (Lipinski definition) is 4. The third kappa shape index (κ3) is 13.0. The first-order valence-corrected chi connectivity index (χ1v) is 15.1. The molecule has 1 aromatic carbocycles. The average molecular weight is 581 g/mol. The molecule has 1 N–H and O–H groups in total. The van der Waals surface area contributed by atoms with Crippen molar-refractivity contribution in [3.63, 3.8) is 0 Å². The van der Waals surface area contributed by atoms with E-state index in [9.17, 15) is 0 Å². The molecule has 4 nitrogen and oxygen atoms in total. The van der Waals surface area contributed by atoms with Gasteiger partial charge in [-0.3, -0.25) is 0 Å². The summed E-state index contributed by atoms with van der Waals surface area (Å²) in [5.41, 5.74) is 4.76. The molecule has 1 aromatic rings. The largest absolute Gasteiger partial charge is 0.491 e. The second-order valence-electron chi connectivity index (χ2n) is 13.6. The molecule has 0 radical (unpaired) electrons. The summed E-state index contributed by atoms with van der Waals surface area (Å²) < 4.78 is 14.0. The van der Waals surface area contributed by atoms with Crippen LogP contribution in [0.3, 0.4) is 0 Å². The smallest absolute Gasteiger partial charge is 0.119 e. The molecule has 0 aliphatic heterocycles. The van der Waals surface area contributed by atoms with Gasteiger partial charge in [0.05, 0.1) is 26.4 Å². The molecule has 5 heteroatoms. The number of aliphatic hydroxyl groups excluding tert-OH is 1. The molecule has 37 heavy (non-hydrogen) atoms. The monoisotopic (exact) mass is 579 g/mol. The van der Waals surface area contributed by atoms with Gasteiger partial charge in [0.2, 0.25) is 0 Å². The Kier molecular flexibility index (Phi) is 13.0. The summed E-state index contributed by atoms with van der Waals surface area (Å²) >= 11 is 3.95. The topological polar surface area (TPSA) is 41.9 Å². The highest BCUT2D eigenvalue weighted by Gasteiger charge is 2.33. The molecular weight excluding hydrogens is 526 g/mol. The van der Waals surface area contributed by atoms with Gasteiger partial charge in [-0.15, -0.1) is 0 Å². The van der Waals surface area contributed by atoms with Crippen LogP contribution in [-0.2, 0) is 11.3 Å². The van der Waals surface area contributed by atoms with Gasteiger partial charge in [-0.25, -0.2) is 0 Å². The van der Waals surface area contributed by atoms with Crippen molar-refractivity contribution in [3.05, 3.63) is 41.1 Å². The van der Waals surface area contributed by atoms with Crippen LogP contribution in [0.4, 0.5) is 0 Å². The lowest BCUT2D eigenvalue weighted by molar-refractivity contribution is 0.0949. The van der Waals surface area contributed by atoms with E-state index in [2.05, 4.69) is 75.5 Å². The van der Waals surface area contributed by atoms with Gasteiger partial charge in [0, 0.05) is 27.8 Å². The highest BCUT2D eigenvalue weighted by molar-refractivity contribution is 9.07. The number of nitrogens with zero attached hydrogens (tertiary/aromatic N) is 1. The summed E-state index contributed by atoms with van der Waals surface area (Å²) in [5, 5.41) is 9.16. The average Bonchev–Trinajstić information content (AvgIpc) is 3.61. The van der Waals surface area contributed by atoms with Gasteiger partial charge in [-0.05, 0) is 78.0 Å². The summed E-state index contributed by atoms with van der Waals surface area (Å²) in [5.74, 6) is 2.75. The van der Waals surface area contributed by atoms with Crippen LogP contribution in [-0.4, -0.2) is 35.4 Å². The fourth-order valence-corrected chi connectivity index (χ4v) is 6.28. The third-order valence-corrected chi connectivity index (χ3v) is 7.80. The molecule has 212 valence electrons. The van der Waals surface area contributed by atoms with Crippen molar-refractivity contribution < 1.29 is 14.6 Å². The Labute approximate surface area is 236 Å². The Morgan fingerprint density at radius 2 is 1.54 bits per heavy atom. The molecule has 3 unspecified atom stereocenters. The van der Waals surface area contributed by atoms with Gasteiger partial charge in [0.1, 0.15) is 12.4 Å². The second-order valence-corrected chi connectivity index (χ2v) is 14.5. The fraction of sp³-hybridized carbons (Fsp3) is 0.750. The lowest BCUT2D eigenvalue weighted by Crippen LogP contribution is -2.29. The molecule has 0 amide bonds. The summed E-state index contributed by atoms with van der Waals surface area (Å²) in [6.07, 6.45) is 7.50. The molecule has 3 atom stereocenters. The number of allylic oxidation sites excluding steroid dienone is 2. The number of rotatable bonds is 16. The van der Waals surface area contributed by atoms with Crippen LogP contribution in [0.5, 0.6) is 5.75 Å². The van der Waals surface area contributed by atoms with Gasteiger partial charge in [-0.2, -0.15) is 0 Å². The minimum atomic E-state index is 0.0520. The zero-order valence-corrected chi connectivity index (χ0v) is 26.5. The van der Waals surface area contributed by atoms with E-state index in [0.29, 0.717) is 42.5 Å². The van der Waals surface area contributed by atoms with Crippen molar-refractivity contribution >= 4 is 16.1 Å². The van der Waals surface area contributed by atoms with Gasteiger partial charge in [0.15, 0.2) is 0 Å². The molecule has 2 rings (SSSR count). The normalized spacial score (nSPS) is 16.3. The maximum atomic E-state index is 9.16. The Morgan fingerprint density at radius 1 is 0.919 bits per heavy atom. The van der Waals surface area contributed by atoms with Crippen molar-refractivity contribution in [2.45, 2.75) is 101 Å². The molecule has 1 aliphatic rings. The number of ether oxygens (including phenoxy) is 2. The summed E-state index contributed by atoms with van der Waals surface area (Å²) in [6, 6.07) is 7.54. The van der Waals surface area contributed by atoms with Crippen LogP contribution in [0, 0.1) is 28.6 Å². The number of halogens is 1. The molecule has 1 saturated carbocycles. The van der Waals surface area contributed by atoms with E-state index in [4.69, 9.17) is 14.6 Å². The highest BCUT2D eigenvalue weighted by atomic mass is 79.9. The zero-order valence-electron chi connectivity index (χ0n) is 24.9. The van der Waals surface area contributed by atoms with Crippen LogP contribution in [0.2, 0.25) is 0 Å². The maximum absolute atomic E-state index is 9.16. The third-order valence-electron chi connectivity index (χ3n) is 7.06. The zero-order chi connectivity index (χ0) is 27.6. The van der Waals surface area contributed by atoms with Crippen molar-refractivity contribution in [2.75, 3.05) is 26.4 Å². The van der Waals surface area contributed by atoms with Crippen LogP contribution < -0.4 is 4.74 Å². The van der Waals surface area contributed by atoms with Crippen molar-refractivity contribution in [1.29, 1.82) is 0 Å². The predicted molar refractivity (Wildman–Crippen MR) is 160 cm³/mol. The van der Waals surface area contributed by atoms with E-state index in [1.807, 2.05) is 24.3 Å². The molecule has 1 aliphatic carbocycles. The molecule has 0 spiro atoms. The van der Waals surface area contributed by atoms with Crippen LogP contribution in [0.15, 0.2) is 35.5 Å². The van der Waals surface area contributed by atoms with Crippen molar-refractivity contribution in [2.24, 2.45) is 28.6 Å². The lowest BCUT2D eigenvalue weighted by atomic mass is 9.75. The molecule has 0 saturated heterocycles. The van der Waals surface area contributed by atoms with E-state index >= 15 is 0 Å². The van der Waals surface area contributed by atoms with Crippen LogP contribution >= 0.6 is 16.1 Å². The van der Waals surface area contributed by atoms with E-state index in [1.54, 1.807) is 5.57 Å². The Balaban J connectivity index is 1.92. The fourth-order valence-electron chi connectivity index (χ4n) is 5.62. The lowest BCUT2D eigenvalue weighted by Gasteiger charge is -2.36. The number of benzene rings is 1. The number of hydrogen-bond donors (Lipinski definition) is 1. The molecule has 0 aromatic heterocycles. The van der Waals surface area contributed by atoms with Crippen molar-refractivity contribution in [1.82, 2.24) is 3.93 Å². The number of aliphatic hydroxyl groups is 1. The first-order chi connectivity index (χ1) is 17.3. The van der Waals surface area contributed by atoms with E-state index in [0.717, 1.165) is 23.8 Å². The van der Waals surface area contributed by atoms with Gasteiger partial charge in [-0.1, -0.05) is 73.9 Å². The SMILES string of the molecule is CC(CCC(C(=C1CC1)N(Br)CCOCCOc1ccc(CO)cc1)C(C)CC(C)(C)C)CC(C)(C)C. The summed E-state index contributed by atoms with van der Waals surface area (Å²) in [4.78, 5) is 0. The van der Waals surface area contributed by atoms with E-state index in [-0.39, 0.29) is 6.61 Å². The van der Waals surface area contributed by atoms with Gasteiger partial charge < -0.3 is 18.5 Å². The maximum Gasteiger partial charge on any atom is 0.119 e. The Morgan fingerprint density at radius 3 is 2.08 bits per heavy atom. The summed E-state index contributed by atoms with van der Waals surface area (Å²) in [7, 11) is 0. The molecule has 0 bridgehead atoms. The van der Waals surface area contributed by atoms with Gasteiger partial charge in [0.25, 0.3) is 0 Å². The molecular formula is C32H54BrNO3. The van der Waals surface area contributed by atoms with E-state index < -0.39 is 0 Å². The molecule has 1 fully saturated rings. The van der Waals surface area contributed by atoms with Crippen LogP contribution in [0.1, 0.15) is 99.5 Å². The van der Waals surface area contributed by atoms with Crippen molar-refractivity contribution in [3.8, 4) is 5.75 Å². The standard InChI is InChI=1S/C32H54BrNO3/c1-24(21-31(3,4)5)9-16-29(25(2)22-32(6,7)8)30(27-12-13-27)34(33)17-18-36-19-20-37-28-14-10-26(23-35)11-15-28/h10-11,14-15,24-25,29,35H,9,12-13,16-23H2,1-8H3. The molecule has 0 heterocycles. The summed E-state index contributed by atoms with van der Waals surface area (Å²) in [6.45, 7) is 21.7. The van der Waals surface area contributed by atoms with Gasteiger partial charge >= 0.3 is 0 Å². The Hall–Kier alpha value is -1.04. The second kappa shape index (κ2) is 14.9. The predicted octanol–water partition coefficient (Wildman–Crippen LogP) is 8.78. The minimum Gasteiger partial charge on any atom is -0.491 e. The van der Waals surface area contributed by atoms with Crippen LogP contribution in [0.25, 0.3) is 0 Å². The highest BCUT2D eigenvalue weighted by Crippen LogP contribution is 2.44. The minimum absolute atomic E-state index is 0.0520.